The van der Waals surface area contributed by atoms with E-state index < -0.39 is 4.92 Å². The third kappa shape index (κ3) is 3.11. The number of nitriles is 1. The van der Waals surface area contributed by atoms with Gasteiger partial charge in [-0.3, -0.25) is 10.1 Å². The SMILES string of the molecule is Cc1ccccc1-c1nnc(Sc2cc(C#N)ccc2[N+](=O)[O-])o1. The van der Waals surface area contributed by atoms with Crippen LogP contribution in [-0.4, -0.2) is 15.1 Å². The molecule has 0 bridgehead atoms. The molecule has 7 nitrogen and oxygen atoms in total. The number of aromatic nitrogens is 2. The maximum absolute atomic E-state index is 11.1. The molecule has 3 aromatic rings. The fourth-order valence-electron chi connectivity index (χ4n) is 2.08. The quantitative estimate of drug-likeness (QED) is 0.523. The van der Waals surface area contributed by atoms with Crippen molar-refractivity contribution in [3.63, 3.8) is 0 Å². The lowest BCUT2D eigenvalue weighted by molar-refractivity contribution is -0.387. The summed E-state index contributed by atoms with van der Waals surface area (Å²) in [6, 6.07) is 13.6. The summed E-state index contributed by atoms with van der Waals surface area (Å²) in [5.41, 5.74) is 1.99. The van der Waals surface area contributed by atoms with E-state index in [1.807, 2.05) is 37.3 Å². The summed E-state index contributed by atoms with van der Waals surface area (Å²) < 4.78 is 5.60. The van der Waals surface area contributed by atoms with Crippen molar-refractivity contribution in [1.29, 1.82) is 5.26 Å². The third-order valence-corrected chi connectivity index (χ3v) is 4.15. The molecule has 0 amide bonds. The molecule has 118 valence electrons. The molecule has 0 atom stereocenters. The minimum absolute atomic E-state index is 0.116. The van der Waals surface area contributed by atoms with E-state index in [0.29, 0.717) is 11.5 Å². The van der Waals surface area contributed by atoms with Crippen LogP contribution < -0.4 is 0 Å². The van der Waals surface area contributed by atoms with Gasteiger partial charge in [0.25, 0.3) is 10.9 Å². The van der Waals surface area contributed by atoms with Crippen molar-refractivity contribution in [3.8, 4) is 17.5 Å². The molecule has 1 heterocycles. The van der Waals surface area contributed by atoms with Gasteiger partial charge in [0.1, 0.15) is 0 Å². The van der Waals surface area contributed by atoms with Crippen molar-refractivity contribution >= 4 is 17.4 Å². The maximum atomic E-state index is 11.1. The molecule has 0 fully saturated rings. The molecule has 0 saturated heterocycles. The van der Waals surface area contributed by atoms with Gasteiger partial charge in [-0.05, 0) is 42.4 Å². The van der Waals surface area contributed by atoms with Crippen molar-refractivity contribution < 1.29 is 9.34 Å². The van der Waals surface area contributed by atoms with Crippen LogP contribution in [-0.2, 0) is 0 Å². The van der Waals surface area contributed by atoms with Gasteiger partial charge in [-0.2, -0.15) is 5.26 Å². The number of nitro groups is 1. The second kappa shape index (κ2) is 6.52. The van der Waals surface area contributed by atoms with Crippen LogP contribution in [0.3, 0.4) is 0 Å². The molecule has 1 aromatic heterocycles. The van der Waals surface area contributed by atoms with Crippen LogP contribution in [0.5, 0.6) is 0 Å². The predicted octanol–water partition coefficient (Wildman–Crippen LogP) is 3.98. The summed E-state index contributed by atoms with van der Waals surface area (Å²) in [5.74, 6) is 0.342. The Morgan fingerprint density at radius 1 is 1.25 bits per heavy atom. The fourth-order valence-corrected chi connectivity index (χ4v) is 2.91. The lowest BCUT2D eigenvalue weighted by Gasteiger charge is -2.00. The van der Waals surface area contributed by atoms with E-state index in [1.54, 1.807) is 0 Å². The summed E-state index contributed by atoms with van der Waals surface area (Å²) in [4.78, 5) is 10.9. The Morgan fingerprint density at radius 2 is 2.04 bits per heavy atom. The van der Waals surface area contributed by atoms with Crippen LogP contribution in [0.4, 0.5) is 5.69 Å². The minimum Gasteiger partial charge on any atom is -0.411 e. The molecule has 0 N–H and O–H groups in total. The largest absolute Gasteiger partial charge is 0.411 e. The first-order chi connectivity index (χ1) is 11.6. The summed E-state index contributed by atoms with van der Waals surface area (Å²) >= 11 is 0.960. The molecule has 24 heavy (non-hydrogen) atoms. The van der Waals surface area contributed by atoms with Gasteiger partial charge in [0.2, 0.25) is 5.89 Å². The average Bonchev–Trinajstić information content (AvgIpc) is 3.03. The number of rotatable bonds is 4. The zero-order valence-corrected chi connectivity index (χ0v) is 13.3. The normalized spacial score (nSPS) is 10.3. The molecule has 2 aromatic carbocycles. The second-order valence-corrected chi connectivity index (χ2v) is 5.83. The second-order valence-electron chi connectivity index (χ2n) is 4.84. The van der Waals surface area contributed by atoms with E-state index in [0.717, 1.165) is 22.9 Å². The third-order valence-electron chi connectivity index (χ3n) is 3.26. The topological polar surface area (TPSA) is 106 Å². The van der Waals surface area contributed by atoms with Crippen LogP contribution >= 0.6 is 11.8 Å². The van der Waals surface area contributed by atoms with Crippen molar-refractivity contribution in [1.82, 2.24) is 10.2 Å². The Kier molecular flexibility index (Phi) is 4.26. The molecule has 0 aliphatic rings. The number of nitro benzene ring substituents is 1. The zero-order valence-electron chi connectivity index (χ0n) is 12.5. The van der Waals surface area contributed by atoms with Crippen molar-refractivity contribution in [3.05, 3.63) is 63.7 Å². The van der Waals surface area contributed by atoms with Crippen molar-refractivity contribution in [2.45, 2.75) is 17.0 Å². The van der Waals surface area contributed by atoms with Crippen molar-refractivity contribution in [2.75, 3.05) is 0 Å². The van der Waals surface area contributed by atoms with E-state index in [-0.39, 0.29) is 15.8 Å². The summed E-state index contributed by atoms with van der Waals surface area (Å²) in [5, 5.41) is 28.2. The molecule has 0 aliphatic carbocycles. The number of nitrogens with zero attached hydrogens (tertiary/aromatic N) is 4. The molecule has 0 saturated carbocycles. The van der Waals surface area contributed by atoms with Gasteiger partial charge >= 0.3 is 0 Å². The number of hydrogen-bond donors (Lipinski definition) is 0. The molecule has 0 radical (unpaired) electrons. The lowest BCUT2D eigenvalue weighted by atomic mass is 10.1. The lowest BCUT2D eigenvalue weighted by Crippen LogP contribution is -1.91. The Hall–Kier alpha value is -3.18. The predicted molar refractivity (Wildman–Crippen MR) is 86.4 cm³/mol. The maximum Gasteiger partial charge on any atom is 0.283 e. The monoisotopic (exact) mass is 338 g/mol. The first-order valence-corrected chi connectivity index (χ1v) is 7.66. The van der Waals surface area contributed by atoms with Crippen molar-refractivity contribution in [2.24, 2.45) is 0 Å². The highest BCUT2D eigenvalue weighted by molar-refractivity contribution is 7.99. The fraction of sp³-hybridized carbons (Fsp3) is 0.0625. The first kappa shape index (κ1) is 15.7. The van der Waals surface area contributed by atoms with Gasteiger partial charge in [-0.1, -0.05) is 18.2 Å². The molecule has 0 unspecified atom stereocenters. The van der Waals surface area contributed by atoms with E-state index in [9.17, 15) is 10.1 Å². The van der Waals surface area contributed by atoms with Crippen LogP contribution in [0, 0.1) is 28.4 Å². The highest BCUT2D eigenvalue weighted by Gasteiger charge is 2.19. The van der Waals surface area contributed by atoms with Crippen LogP contribution in [0.2, 0.25) is 0 Å². The van der Waals surface area contributed by atoms with Gasteiger partial charge < -0.3 is 4.42 Å². The van der Waals surface area contributed by atoms with Gasteiger partial charge in [0.05, 0.1) is 21.5 Å². The van der Waals surface area contributed by atoms with E-state index >= 15 is 0 Å². The molecular formula is C16H10N4O3S. The van der Waals surface area contributed by atoms with E-state index in [4.69, 9.17) is 9.68 Å². The number of aryl methyl sites for hydroxylation is 1. The average molecular weight is 338 g/mol. The highest BCUT2D eigenvalue weighted by Crippen LogP contribution is 2.36. The van der Waals surface area contributed by atoms with Crippen LogP contribution in [0.15, 0.2) is 57.0 Å². The first-order valence-electron chi connectivity index (χ1n) is 6.84. The van der Waals surface area contributed by atoms with E-state index in [2.05, 4.69) is 10.2 Å². The van der Waals surface area contributed by atoms with Crippen LogP contribution in [0.25, 0.3) is 11.5 Å². The molecule has 0 aliphatic heterocycles. The number of hydrogen-bond acceptors (Lipinski definition) is 7. The minimum atomic E-state index is -0.512. The van der Waals surface area contributed by atoms with Crippen LogP contribution in [0.1, 0.15) is 11.1 Å². The van der Waals surface area contributed by atoms with Gasteiger partial charge in [0, 0.05) is 11.6 Å². The Labute approximate surface area is 141 Å². The highest BCUT2D eigenvalue weighted by atomic mass is 32.2. The number of benzene rings is 2. The smallest absolute Gasteiger partial charge is 0.283 e. The zero-order chi connectivity index (χ0) is 17.1. The standard InChI is InChI=1S/C16H10N4O3S/c1-10-4-2-3-5-12(10)15-18-19-16(23-15)24-14-8-11(9-17)6-7-13(14)20(21)22/h2-8H,1H3. The molecule has 3 rings (SSSR count). The molecule has 0 spiro atoms. The Balaban J connectivity index is 1.95. The van der Waals surface area contributed by atoms with Gasteiger partial charge in [-0.15, -0.1) is 10.2 Å². The van der Waals surface area contributed by atoms with E-state index in [1.165, 1.54) is 18.2 Å². The Morgan fingerprint density at radius 3 is 2.75 bits per heavy atom. The summed E-state index contributed by atoms with van der Waals surface area (Å²) in [6.07, 6.45) is 0. The van der Waals surface area contributed by atoms with Gasteiger partial charge in [0.15, 0.2) is 0 Å². The summed E-state index contributed by atoms with van der Waals surface area (Å²) in [7, 11) is 0. The van der Waals surface area contributed by atoms with Gasteiger partial charge in [-0.25, -0.2) is 0 Å². The molecular weight excluding hydrogens is 328 g/mol. The molecule has 8 heteroatoms. The summed E-state index contributed by atoms with van der Waals surface area (Å²) in [6.45, 7) is 1.92. The Bertz CT molecular complexity index is 962.